The zero-order valence-electron chi connectivity index (χ0n) is 16.0. The van der Waals surface area contributed by atoms with E-state index in [1.807, 2.05) is 4.90 Å². The minimum absolute atomic E-state index is 0.0335. The molecule has 1 aromatic rings. The highest BCUT2D eigenvalue weighted by Gasteiger charge is 2.34. The van der Waals surface area contributed by atoms with Gasteiger partial charge in [0, 0.05) is 63.2 Å². The van der Waals surface area contributed by atoms with Crippen molar-refractivity contribution < 1.29 is 14.6 Å². The lowest BCUT2D eigenvalue weighted by Gasteiger charge is -2.28. The third-order valence-electron chi connectivity index (χ3n) is 5.47. The number of fused-ring (bicyclic) bond motifs is 1. The van der Waals surface area contributed by atoms with Gasteiger partial charge in [-0.05, 0) is 36.3 Å². The first-order valence-corrected chi connectivity index (χ1v) is 10.5. The van der Waals surface area contributed by atoms with Crippen molar-refractivity contribution in [1.82, 2.24) is 15.5 Å². The Morgan fingerprint density at radius 2 is 2.37 bits per heavy atom. The number of nitrogens with one attached hydrogen (secondary N) is 2. The molecule has 1 unspecified atom stereocenters. The third kappa shape index (κ3) is 5.21. The Balaban J connectivity index is 1.40. The number of nitrogens with zero attached hydrogens (tertiary/aromatic N) is 2. The molecule has 0 saturated carbocycles. The lowest BCUT2D eigenvalue weighted by Crippen LogP contribution is -2.45. The number of guanidine groups is 1. The number of thiophene rings is 1. The highest BCUT2D eigenvalue weighted by molar-refractivity contribution is 7.10. The highest BCUT2D eigenvalue weighted by atomic mass is 32.1. The van der Waals surface area contributed by atoms with E-state index in [0.29, 0.717) is 32.1 Å². The predicted molar refractivity (Wildman–Crippen MR) is 107 cm³/mol. The van der Waals surface area contributed by atoms with Gasteiger partial charge in [-0.25, -0.2) is 0 Å². The number of hydrogen-bond acceptors (Lipinski definition) is 5. The summed E-state index contributed by atoms with van der Waals surface area (Å²) in [5.41, 5.74) is 1.26. The second kappa shape index (κ2) is 9.52. The van der Waals surface area contributed by atoms with Gasteiger partial charge in [0.25, 0.3) is 0 Å². The fourth-order valence-electron chi connectivity index (χ4n) is 3.71. The third-order valence-corrected chi connectivity index (χ3v) is 6.50. The minimum Gasteiger partial charge on any atom is -0.396 e. The molecule has 0 aliphatic carbocycles. The van der Waals surface area contributed by atoms with E-state index in [1.165, 1.54) is 10.4 Å². The quantitative estimate of drug-likeness (QED) is 0.474. The van der Waals surface area contributed by atoms with Gasteiger partial charge in [-0.15, -0.1) is 11.3 Å². The van der Waals surface area contributed by atoms with Gasteiger partial charge in [0.2, 0.25) is 5.91 Å². The van der Waals surface area contributed by atoms with Crippen LogP contribution >= 0.6 is 11.3 Å². The Morgan fingerprint density at radius 3 is 3.11 bits per heavy atom. The number of hydrogen-bond donors (Lipinski definition) is 3. The number of aliphatic imine (C=N–C) groups is 1. The van der Waals surface area contributed by atoms with E-state index in [2.05, 4.69) is 27.1 Å². The lowest BCUT2D eigenvalue weighted by atomic mass is 9.84. The van der Waals surface area contributed by atoms with Gasteiger partial charge in [0.1, 0.15) is 0 Å². The standard InChI is InChI=1S/C19H30N4O3S/c1-20-18(22-13-19(5-9-24)6-10-26-14-19)21-7-2-17(25)23-8-3-16-15(12-23)4-11-27-16/h4,11,24H,2-3,5-10,12-14H2,1H3,(H2,20,21,22). The second-order valence-electron chi connectivity index (χ2n) is 7.31. The molecule has 3 rings (SSSR count). The summed E-state index contributed by atoms with van der Waals surface area (Å²) in [6.45, 7) is 4.35. The van der Waals surface area contributed by atoms with Crippen LogP contribution in [0.4, 0.5) is 0 Å². The zero-order valence-corrected chi connectivity index (χ0v) is 16.8. The van der Waals surface area contributed by atoms with E-state index < -0.39 is 0 Å². The van der Waals surface area contributed by atoms with E-state index in [4.69, 9.17) is 4.74 Å². The van der Waals surface area contributed by atoms with Gasteiger partial charge >= 0.3 is 0 Å². The van der Waals surface area contributed by atoms with Crippen molar-refractivity contribution in [2.45, 2.75) is 32.2 Å². The van der Waals surface area contributed by atoms with Crippen LogP contribution in [0.25, 0.3) is 0 Å². The number of aliphatic hydroxyl groups excluding tert-OH is 1. The van der Waals surface area contributed by atoms with Crippen LogP contribution in [0.1, 0.15) is 29.7 Å². The molecule has 2 aliphatic rings. The summed E-state index contributed by atoms with van der Waals surface area (Å²) in [6.07, 6.45) is 3.07. The van der Waals surface area contributed by atoms with Crippen LogP contribution in [0.3, 0.4) is 0 Å². The number of aliphatic hydroxyl groups is 1. The van der Waals surface area contributed by atoms with Crippen LogP contribution < -0.4 is 10.6 Å². The monoisotopic (exact) mass is 394 g/mol. The number of ether oxygens (including phenoxy) is 1. The lowest BCUT2D eigenvalue weighted by molar-refractivity contribution is -0.131. The van der Waals surface area contributed by atoms with Gasteiger partial charge in [-0.3, -0.25) is 9.79 Å². The predicted octanol–water partition coefficient (Wildman–Crippen LogP) is 0.977. The van der Waals surface area contributed by atoms with Crippen molar-refractivity contribution in [3.8, 4) is 0 Å². The van der Waals surface area contributed by atoms with Gasteiger partial charge in [-0.1, -0.05) is 0 Å². The van der Waals surface area contributed by atoms with Crippen molar-refractivity contribution in [1.29, 1.82) is 0 Å². The van der Waals surface area contributed by atoms with Crippen LogP contribution in [-0.2, 0) is 22.5 Å². The van der Waals surface area contributed by atoms with E-state index in [0.717, 1.165) is 39.0 Å². The zero-order chi connectivity index (χ0) is 19.1. The molecule has 0 radical (unpaired) electrons. The minimum atomic E-state index is -0.0335. The maximum atomic E-state index is 12.5. The number of carbonyl (C=O) groups excluding carboxylic acids is 1. The van der Waals surface area contributed by atoms with E-state index in [-0.39, 0.29) is 17.9 Å². The summed E-state index contributed by atoms with van der Waals surface area (Å²) >= 11 is 1.78. The highest BCUT2D eigenvalue weighted by Crippen LogP contribution is 2.31. The van der Waals surface area contributed by atoms with Crippen LogP contribution in [0, 0.1) is 5.41 Å². The summed E-state index contributed by atoms with van der Waals surface area (Å²) in [4.78, 5) is 20.1. The Hall–Kier alpha value is -1.64. The summed E-state index contributed by atoms with van der Waals surface area (Å²) in [5, 5.41) is 18.0. The van der Waals surface area contributed by atoms with Gasteiger partial charge < -0.3 is 25.4 Å². The Labute approximate surface area is 164 Å². The van der Waals surface area contributed by atoms with Gasteiger partial charge in [0.05, 0.1) is 6.61 Å². The van der Waals surface area contributed by atoms with Crippen LogP contribution in [-0.4, -0.2) is 68.4 Å². The number of carbonyl (C=O) groups is 1. The molecule has 1 saturated heterocycles. The summed E-state index contributed by atoms with van der Waals surface area (Å²) < 4.78 is 5.52. The van der Waals surface area contributed by atoms with Crippen molar-refractivity contribution in [2.24, 2.45) is 10.4 Å². The molecular weight excluding hydrogens is 364 g/mol. The molecule has 0 aromatic carbocycles. The average molecular weight is 395 g/mol. The van der Waals surface area contributed by atoms with Crippen molar-refractivity contribution in [3.63, 3.8) is 0 Å². The second-order valence-corrected chi connectivity index (χ2v) is 8.31. The maximum Gasteiger partial charge on any atom is 0.224 e. The summed E-state index contributed by atoms with van der Waals surface area (Å²) in [6, 6.07) is 2.12. The average Bonchev–Trinajstić information content (AvgIpc) is 3.33. The first kappa shape index (κ1) is 20.1. The molecule has 2 aliphatic heterocycles. The smallest absolute Gasteiger partial charge is 0.224 e. The molecule has 1 atom stereocenters. The Kier molecular flexibility index (Phi) is 7.09. The van der Waals surface area contributed by atoms with Crippen molar-refractivity contribution in [3.05, 3.63) is 21.9 Å². The molecule has 1 aromatic heterocycles. The molecule has 1 amide bonds. The van der Waals surface area contributed by atoms with Gasteiger partial charge in [0.15, 0.2) is 5.96 Å². The van der Waals surface area contributed by atoms with E-state index >= 15 is 0 Å². The first-order chi connectivity index (χ1) is 13.2. The van der Waals surface area contributed by atoms with Crippen molar-refractivity contribution in [2.75, 3.05) is 46.5 Å². The molecule has 3 heterocycles. The summed E-state index contributed by atoms with van der Waals surface area (Å²) in [5.74, 6) is 0.863. The maximum absolute atomic E-state index is 12.5. The molecule has 3 N–H and O–H groups in total. The SMILES string of the molecule is CN=C(NCCC(=O)N1CCc2sccc2C1)NCC1(CCO)CCOC1. The largest absolute Gasteiger partial charge is 0.396 e. The molecule has 0 bridgehead atoms. The normalized spacial score (nSPS) is 22.6. The van der Waals surface area contributed by atoms with Gasteiger partial charge in [-0.2, -0.15) is 0 Å². The molecule has 7 nitrogen and oxygen atoms in total. The number of rotatable bonds is 7. The topological polar surface area (TPSA) is 86.2 Å². The van der Waals surface area contributed by atoms with Crippen LogP contribution in [0.15, 0.2) is 16.4 Å². The summed E-state index contributed by atoms with van der Waals surface area (Å²) in [7, 11) is 1.73. The van der Waals surface area contributed by atoms with Crippen molar-refractivity contribution >= 4 is 23.2 Å². The Morgan fingerprint density at radius 1 is 1.48 bits per heavy atom. The molecular formula is C19H30N4O3S. The molecule has 1 fully saturated rings. The molecule has 8 heteroatoms. The fourth-order valence-corrected chi connectivity index (χ4v) is 4.60. The Bertz CT molecular complexity index is 655. The van der Waals surface area contributed by atoms with E-state index in [1.54, 1.807) is 18.4 Å². The van der Waals surface area contributed by atoms with Crippen LogP contribution in [0.5, 0.6) is 0 Å². The first-order valence-electron chi connectivity index (χ1n) is 9.62. The number of amides is 1. The van der Waals surface area contributed by atoms with Crippen LogP contribution in [0.2, 0.25) is 0 Å². The molecule has 150 valence electrons. The fraction of sp³-hybridized carbons (Fsp3) is 0.684. The molecule has 0 spiro atoms. The molecule has 27 heavy (non-hydrogen) atoms. The van der Waals surface area contributed by atoms with E-state index in [9.17, 15) is 9.90 Å².